The highest BCUT2D eigenvalue weighted by atomic mass is 127. The predicted octanol–water partition coefficient (Wildman–Crippen LogP) is 8.00. The van der Waals surface area contributed by atoms with Crippen molar-refractivity contribution < 1.29 is 4.74 Å². The highest BCUT2D eigenvalue weighted by molar-refractivity contribution is 14.1. The van der Waals surface area contributed by atoms with Crippen LogP contribution in [-0.2, 0) is 6.61 Å². The molecule has 0 radical (unpaired) electrons. The molecule has 0 saturated heterocycles. The fourth-order valence-electron chi connectivity index (χ4n) is 3.46. The van der Waals surface area contributed by atoms with Gasteiger partial charge in [-0.1, -0.05) is 66.2 Å². The molecule has 152 valence electrons. The highest BCUT2D eigenvalue weighted by Crippen LogP contribution is 2.31. The van der Waals surface area contributed by atoms with E-state index in [9.17, 15) is 5.26 Å². The quantitative estimate of drug-likeness (QED) is 0.128. The molecule has 0 aliphatic heterocycles. The summed E-state index contributed by atoms with van der Waals surface area (Å²) in [5.41, 5.74) is 4.93. The van der Waals surface area contributed by atoms with Crippen LogP contribution in [0.5, 0.6) is 5.75 Å². The van der Waals surface area contributed by atoms with E-state index in [-0.39, 0.29) is 0 Å². The smallest absolute Gasteiger partial charge is 0.146 e. The van der Waals surface area contributed by atoms with Gasteiger partial charge in [-0.15, -0.1) is 0 Å². The molecule has 0 saturated carbocycles. The Labute approximate surface area is 209 Å². The van der Waals surface area contributed by atoms with Gasteiger partial charge in [-0.3, -0.25) is 0 Å². The third-order valence-corrected chi connectivity index (χ3v) is 6.58. The van der Waals surface area contributed by atoms with Crippen LogP contribution in [0, 0.1) is 25.4 Å². The van der Waals surface area contributed by atoms with E-state index in [0.29, 0.717) is 12.2 Å². The van der Waals surface area contributed by atoms with E-state index in [1.54, 1.807) is 0 Å². The van der Waals surface area contributed by atoms with Gasteiger partial charge in [0.15, 0.2) is 0 Å². The van der Waals surface area contributed by atoms with Crippen LogP contribution in [0.1, 0.15) is 22.3 Å². The number of hydrogen-bond donors (Lipinski definition) is 0. The van der Waals surface area contributed by atoms with Gasteiger partial charge in [0.2, 0.25) is 0 Å². The summed E-state index contributed by atoms with van der Waals surface area (Å²) in [5, 5.41) is 12.1. The molecule has 0 aliphatic carbocycles. The molecule has 2 nitrogen and oxygen atoms in total. The summed E-state index contributed by atoms with van der Waals surface area (Å²) in [4.78, 5) is 0. The standard InChI is InChI=1S/C27H19I2NO/c1-18-5-4-6-19(11-18)17-31-27-25(28)13-20(14-26(27)29)12-24(16-30)23-10-9-21-7-2-3-8-22(21)15-23/h2-15H,17H2,1H3/b24-12-. The maximum absolute atomic E-state index is 9.79. The average Bonchev–Trinajstić information content (AvgIpc) is 2.76. The Morgan fingerprint density at radius 3 is 2.35 bits per heavy atom. The van der Waals surface area contributed by atoms with Gasteiger partial charge in [0.05, 0.1) is 18.8 Å². The van der Waals surface area contributed by atoms with Crippen molar-refractivity contribution in [2.75, 3.05) is 0 Å². The number of ether oxygens (including phenoxy) is 1. The van der Waals surface area contributed by atoms with E-state index in [1.165, 1.54) is 10.9 Å². The molecule has 0 heterocycles. The van der Waals surface area contributed by atoms with Crippen molar-refractivity contribution in [2.45, 2.75) is 13.5 Å². The summed E-state index contributed by atoms with van der Waals surface area (Å²) in [5.74, 6) is 0.879. The average molecular weight is 627 g/mol. The van der Waals surface area contributed by atoms with E-state index < -0.39 is 0 Å². The van der Waals surface area contributed by atoms with Crippen LogP contribution in [0.3, 0.4) is 0 Å². The first kappa shape index (κ1) is 21.8. The van der Waals surface area contributed by atoms with Gasteiger partial charge in [-0.05, 0) is 104 Å². The summed E-state index contributed by atoms with van der Waals surface area (Å²) < 4.78 is 8.18. The fraction of sp³-hybridized carbons (Fsp3) is 0.0741. The molecule has 0 N–H and O–H groups in total. The van der Waals surface area contributed by atoms with Crippen molar-refractivity contribution in [3.63, 3.8) is 0 Å². The number of fused-ring (bicyclic) bond motifs is 1. The van der Waals surface area contributed by atoms with E-state index in [2.05, 4.69) is 113 Å². The monoisotopic (exact) mass is 627 g/mol. The molecule has 0 fully saturated rings. The summed E-state index contributed by atoms with van der Waals surface area (Å²) in [6.07, 6.45) is 1.94. The Bertz CT molecular complexity index is 1310. The van der Waals surface area contributed by atoms with E-state index in [0.717, 1.165) is 35.0 Å². The van der Waals surface area contributed by atoms with Gasteiger partial charge in [-0.25, -0.2) is 0 Å². The van der Waals surface area contributed by atoms with Crippen LogP contribution < -0.4 is 4.74 Å². The zero-order chi connectivity index (χ0) is 21.8. The zero-order valence-corrected chi connectivity index (χ0v) is 21.2. The topological polar surface area (TPSA) is 33.0 Å². The van der Waals surface area contributed by atoms with Crippen LogP contribution in [0.2, 0.25) is 0 Å². The first-order chi connectivity index (χ1) is 15.0. The first-order valence-electron chi connectivity index (χ1n) is 9.82. The van der Waals surface area contributed by atoms with Crippen molar-refractivity contribution in [2.24, 2.45) is 0 Å². The summed E-state index contributed by atoms with van der Waals surface area (Å²) >= 11 is 4.61. The Morgan fingerprint density at radius 1 is 0.903 bits per heavy atom. The lowest BCUT2D eigenvalue weighted by Gasteiger charge is -2.12. The maximum atomic E-state index is 9.79. The number of hydrogen-bond acceptors (Lipinski definition) is 2. The fourth-order valence-corrected chi connectivity index (χ4v) is 5.59. The molecular formula is C27H19I2NO. The zero-order valence-electron chi connectivity index (χ0n) is 16.9. The number of halogens is 2. The summed E-state index contributed by atoms with van der Waals surface area (Å²) in [6, 6.07) is 29.2. The number of nitrogens with zero attached hydrogens (tertiary/aromatic N) is 1. The third-order valence-electron chi connectivity index (χ3n) is 4.98. The minimum Gasteiger partial charge on any atom is -0.487 e. The number of allylic oxidation sites excluding steroid dienone is 1. The van der Waals surface area contributed by atoms with E-state index in [4.69, 9.17) is 4.74 Å². The second-order valence-corrected chi connectivity index (χ2v) is 9.65. The first-order valence-corrected chi connectivity index (χ1v) is 12.0. The van der Waals surface area contributed by atoms with Crippen molar-refractivity contribution in [1.82, 2.24) is 0 Å². The predicted molar refractivity (Wildman–Crippen MR) is 145 cm³/mol. The largest absolute Gasteiger partial charge is 0.487 e. The molecule has 0 spiro atoms. The minimum atomic E-state index is 0.531. The van der Waals surface area contributed by atoms with Gasteiger partial charge in [0.25, 0.3) is 0 Å². The van der Waals surface area contributed by atoms with Crippen molar-refractivity contribution in [3.8, 4) is 11.8 Å². The van der Waals surface area contributed by atoms with Crippen LogP contribution in [0.4, 0.5) is 0 Å². The molecule has 0 unspecified atom stereocenters. The van der Waals surface area contributed by atoms with Crippen molar-refractivity contribution in [1.29, 1.82) is 5.26 Å². The number of benzene rings is 4. The molecule has 0 atom stereocenters. The summed E-state index contributed by atoms with van der Waals surface area (Å²) in [6.45, 7) is 2.61. The molecule has 0 bridgehead atoms. The van der Waals surface area contributed by atoms with Crippen LogP contribution in [0.15, 0.2) is 78.9 Å². The molecule has 0 aromatic heterocycles. The highest BCUT2D eigenvalue weighted by Gasteiger charge is 2.10. The molecule has 0 amide bonds. The Morgan fingerprint density at radius 2 is 1.65 bits per heavy atom. The third kappa shape index (κ3) is 5.28. The van der Waals surface area contributed by atoms with Gasteiger partial charge < -0.3 is 4.74 Å². The Kier molecular flexibility index (Phi) is 6.93. The second kappa shape index (κ2) is 9.84. The molecule has 4 rings (SSSR count). The van der Waals surface area contributed by atoms with Crippen molar-refractivity contribution >= 4 is 67.6 Å². The van der Waals surface area contributed by atoms with Crippen LogP contribution >= 0.6 is 45.2 Å². The van der Waals surface area contributed by atoms with Crippen molar-refractivity contribution in [3.05, 3.63) is 108 Å². The molecule has 0 aliphatic rings. The maximum Gasteiger partial charge on any atom is 0.146 e. The summed E-state index contributed by atoms with van der Waals surface area (Å²) in [7, 11) is 0. The lowest BCUT2D eigenvalue weighted by Crippen LogP contribution is -2.00. The SMILES string of the molecule is Cc1cccc(COc2c(I)cc(/C=C(/C#N)c3ccc4ccccc4c3)cc2I)c1. The van der Waals surface area contributed by atoms with Gasteiger partial charge in [0.1, 0.15) is 12.4 Å². The number of nitriles is 1. The van der Waals surface area contributed by atoms with Crippen LogP contribution in [0.25, 0.3) is 22.4 Å². The van der Waals surface area contributed by atoms with Crippen LogP contribution in [-0.4, -0.2) is 0 Å². The molecule has 4 heteroatoms. The molecular weight excluding hydrogens is 608 g/mol. The second-order valence-electron chi connectivity index (χ2n) is 7.32. The van der Waals surface area contributed by atoms with Gasteiger partial charge >= 0.3 is 0 Å². The lowest BCUT2D eigenvalue weighted by atomic mass is 10.0. The number of aryl methyl sites for hydroxylation is 1. The minimum absolute atomic E-state index is 0.531. The molecule has 4 aromatic rings. The normalized spacial score (nSPS) is 11.4. The lowest BCUT2D eigenvalue weighted by molar-refractivity contribution is 0.301. The molecule has 4 aromatic carbocycles. The van der Waals surface area contributed by atoms with E-state index in [1.807, 2.05) is 30.3 Å². The van der Waals surface area contributed by atoms with Gasteiger partial charge in [-0.2, -0.15) is 5.26 Å². The molecule has 31 heavy (non-hydrogen) atoms. The Hall–Kier alpha value is -2.37. The van der Waals surface area contributed by atoms with E-state index >= 15 is 0 Å². The van der Waals surface area contributed by atoms with Gasteiger partial charge in [0, 0.05) is 0 Å². The number of rotatable bonds is 5. The Balaban J connectivity index is 1.61.